The monoisotopic (exact) mass is 240 g/mol. The Balaban J connectivity index is 2.26. The van der Waals surface area contributed by atoms with Gasteiger partial charge in [0.2, 0.25) is 0 Å². The number of fused-ring (bicyclic) bond motifs is 2. The summed E-state index contributed by atoms with van der Waals surface area (Å²) in [7, 11) is 0. The Bertz CT molecular complexity index is 321. The fourth-order valence-corrected chi connectivity index (χ4v) is 3.12. The van der Waals surface area contributed by atoms with Crippen molar-refractivity contribution in [1.29, 1.82) is 0 Å². The Morgan fingerprint density at radius 2 is 2.18 bits per heavy atom. The van der Waals surface area contributed by atoms with Crippen LogP contribution in [-0.4, -0.2) is 36.1 Å². The van der Waals surface area contributed by atoms with E-state index in [-0.39, 0.29) is 30.1 Å². The standard InChI is InChI=1S/C14H24O3/c1-10-4-5-14(8-16)6-11(10)12(17-9-14)13(2,3)7-15/h4,11-12,15-16H,5-9H2,1-3H3/t11-,12+,14-/m0/s1. The number of ether oxygens (including phenoxy) is 1. The molecule has 2 aliphatic rings. The Morgan fingerprint density at radius 3 is 2.76 bits per heavy atom. The van der Waals surface area contributed by atoms with Crippen molar-refractivity contribution >= 4 is 0 Å². The first-order valence-corrected chi connectivity index (χ1v) is 6.44. The van der Waals surface area contributed by atoms with Crippen molar-refractivity contribution < 1.29 is 14.9 Å². The SMILES string of the molecule is CC1=CC[C@]2(CO)CO[C@@H](C(C)(C)CO)[C@H]1C2. The van der Waals surface area contributed by atoms with Crippen LogP contribution in [-0.2, 0) is 4.74 Å². The third-order valence-corrected chi connectivity index (χ3v) is 4.54. The van der Waals surface area contributed by atoms with Gasteiger partial charge in [0, 0.05) is 16.7 Å². The lowest BCUT2D eigenvalue weighted by Crippen LogP contribution is -2.52. The molecule has 1 saturated heterocycles. The highest BCUT2D eigenvalue weighted by Crippen LogP contribution is 2.48. The maximum atomic E-state index is 9.57. The Kier molecular flexibility index (Phi) is 3.36. The van der Waals surface area contributed by atoms with Gasteiger partial charge in [-0.25, -0.2) is 0 Å². The largest absolute Gasteiger partial charge is 0.396 e. The van der Waals surface area contributed by atoms with Gasteiger partial charge in [0.05, 0.1) is 25.9 Å². The summed E-state index contributed by atoms with van der Waals surface area (Å²) in [5.74, 6) is 0.340. The molecule has 2 rings (SSSR count). The third kappa shape index (κ3) is 2.16. The highest BCUT2D eigenvalue weighted by molar-refractivity contribution is 5.17. The summed E-state index contributed by atoms with van der Waals surface area (Å²) in [4.78, 5) is 0. The quantitative estimate of drug-likeness (QED) is 0.739. The molecule has 1 heterocycles. The fourth-order valence-electron chi connectivity index (χ4n) is 3.12. The van der Waals surface area contributed by atoms with Crippen LogP contribution in [0, 0.1) is 16.7 Å². The van der Waals surface area contributed by atoms with Crippen LogP contribution in [0.1, 0.15) is 33.6 Å². The second-order valence-electron chi connectivity index (χ2n) is 6.50. The van der Waals surface area contributed by atoms with E-state index in [2.05, 4.69) is 13.0 Å². The lowest BCUT2D eigenvalue weighted by Gasteiger charge is -2.51. The Labute approximate surface area is 103 Å². The number of hydrogen-bond donors (Lipinski definition) is 2. The average molecular weight is 240 g/mol. The van der Waals surface area contributed by atoms with Crippen LogP contribution in [0.5, 0.6) is 0 Å². The Hall–Kier alpha value is -0.380. The number of rotatable bonds is 3. The molecule has 0 amide bonds. The van der Waals surface area contributed by atoms with E-state index in [1.165, 1.54) is 5.57 Å². The molecule has 0 spiro atoms. The van der Waals surface area contributed by atoms with Gasteiger partial charge in [0.15, 0.2) is 0 Å². The van der Waals surface area contributed by atoms with Crippen molar-refractivity contribution in [2.75, 3.05) is 19.8 Å². The minimum Gasteiger partial charge on any atom is -0.396 e. The van der Waals surface area contributed by atoms with Crippen LogP contribution in [0.3, 0.4) is 0 Å². The van der Waals surface area contributed by atoms with E-state index in [0.717, 1.165) is 12.8 Å². The van der Waals surface area contributed by atoms with Crippen LogP contribution in [0.25, 0.3) is 0 Å². The summed E-state index contributed by atoms with van der Waals surface area (Å²) in [5.41, 5.74) is 1.05. The molecule has 0 aromatic rings. The van der Waals surface area contributed by atoms with Gasteiger partial charge in [-0.15, -0.1) is 0 Å². The molecule has 17 heavy (non-hydrogen) atoms. The molecule has 0 aromatic heterocycles. The minimum atomic E-state index is -0.223. The molecular weight excluding hydrogens is 216 g/mol. The molecule has 1 aliphatic heterocycles. The van der Waals surface area contributed by atoms with Crippen LogP contribution < -0.4 is 0 Å². The maximum Gasteiger partial charge on any atom is 0.0713 e. The lowest BCUT2D eigenvalue weighted by atomic mass is 9.63. The van der Waals surface area contributed by atoms with Gasteiger partial charge >= 0.3 is 0 Å². The second-order valence-corrected chi connectivity index (χ2v) is 6.50. The van der Waals surface area contributed by atoms with Crippen LogP contribution >= 0.6 is 0 Å². The highest BCUT2D eigenvalue weighted by atomic mass is 16.5. The van der Waals surface area contributed by atoms with Crippen molar-refractivity contribution in [3.05, 3.63) is 11.6 Å². The molecule has 0 saturated carbocycles. The molecule has 0 radical (unpaired) electrons. The van der Waals surface area contributed by atoms with E-state index >= 15 is 0 Å². The van der Waals surface area contributed by atoms with Gasteiger partial charge in [0.25, 0.3) is 0 Å². The molecule has 1 fully saturated rings. The van der Waals surface area contributed by atoms with Crippen molar-refractivity contribution in [3.8, 4) is 0 Å². The smallest absolute Gasteiger partial charge is 0.0713 e. The predicted molar refractivity (Wildman–Crippen MR) is 66.6 cm³/mol. The summed E-state index contributed by atoms with van der Waals surface area (Å²) in [5, 5.41) is 19.1. The normalized spacial score (nSPS) is 37.8. The molecular formula is C14H24O3. The molecule has 3 nitrogen and oxygen atoms in total. The number of aliphatic hydroxyl groups excluding tert-OH is 2. The van der Waals surface area contributed by atoms with Gasteiger partial charge in [-0.05, 0) is 19.8 Å². The first kappa shape index (κ1) is 13.1. The summed E-state index contributed by atoms with van der Waals surface area (Å²) in [6.07, 6.45) is 4.20. The molecule has 98 valence electrons. The highest BCUT2D eigenvalue weighted by Gasteiger charge is 2.48. The first-order valence-electron chi connectivity index (χ1n) is 6.44. The van der Waals surface area contributed by atoms with Crippen LogP contribution in [0.4, 0.5) is 0 Å². The summed E-state index contributed by atoms with van der Waals surface area (Å²) in [6.45, 7) is 7.17. The number of allylic oxidation sites excluding steroid dienone is 1. The van der Waals surface area contributed by atoms with E-state index in [0.29, 0.717) is 12.5 Å². The molecule has 2 N–H and O–H groups in total. The van der Waals surface area contributed by atoms with Crippen molar-refractivity contribution in [1.82, 2.24) is 0 Å². The van der Waals surface area contributed by atoms with E-state index in [4.69, 9.17) is 4.74 Å². The van der Waals surface area contributed by atoms with Gasteiger partial charge in [0.1, 0.15) is 0 Å². The van der Waals surface area contributed by atoms with Gasteiger partial charge in [-0.2, -0.15) is 0 Å². The average Bonchev–Trinajstić information content (AvgIpc) is 2.34. The molecule has 1 aliphatic carbocycles. The third-order valence-electron chi connectivity index (χ3n) is 4.54. The van der Waals surface area contributed by atoms with Crippen LogP contribution in [0.2, 0.25) is 0 Å². The zero-order valence-corrected chi connectivity index (χ0v) is 11.1. The number of hydrogen-bond acceptors (Lipinski definition) is 3. The zero-order valence-electron chi connectivity index (χ0n) is 11.1. The van der Waals surface area contributed by atoms with Gasteiger partial charge in [-0.3, -0.25) is 0 Å². The topological polar surface area (TPSA) is 49.7 Å². The van der Waals surface area contributed by atoms with Gasteiger partial charge in [-0.1, -0.05) is 25.5 Å². The van der Waals surface area contributed by atoms with E-state index in [1.807, 2.05) is 13.8 Å². The maximum absolute atomic E-state index is 9.57. The van der Waals surface area contributed by atoms with Crippen molar-refractivity contribution in [2.24, 2.45) is 16.7 Å². The van der Waals surface area contributed by atoms with Crippen molar-refractivity contribution in [3.63, 3.8) is 0 Å². The molecule has 3 atom stereocenters. The Morgan fingerprint density at radius 1 is 1.47 bits per heavy atom. The molecule has 0 unspecified atom stereocenters. The fraction of sp³-hybridized carbons (Fsp3) is 0.857. The molecule has 2 bridgehead atoms. The van der Waals surface area contributed by atoms with E-state index in [1.54, 1.807) is 0 Å². The second kappa shape index (κ2) is 4.38. The lowest BCUT2D eigenvalue weighted by molar-refractivity contribution is -0.158. The summed E-state index contributed by atoms with van der Waals surface area (Å²) in [6, 6.07) is 0. The summed E-state index contributed by atoms with van der Waals surface area (Å²) >= 11 is 0. The first-order chi connectivity index (χ1) is 7.94. The van der Waals surface area contributed by atoms with Crippen LogP contribution in [0.15, 0.2) is 11.6 Å². The summed E-state index contributed by atoms with van der Waals surface area (Å²) < 4.78 is 6.00. The minimum absolute atomic E-state index is 0.0590. The van der Waals surface area contributed by atoms with E-state index in [9.17, 15) is 10.2 Å². The number of aliphatic hydroxyl groups is 2. The van der Waals surface area contributed by atoms with Gasteiger partial charge < -0.3 is 14.9 Å². The predicted octanol–water partition coefficient (Wildman–Crippen LogP) is 1.74. The molecule has 0 aromatic carbocycles. The van der Waals surface area contributed by atoms with E-state index < -0.39 is 0 Å². The van der Waals surface area contributed by atoms with Crippen molar-refractivity contribution in [2.45, 2.75) is 39.7 Å². The zero-order chi connectivity index (χ0) is 12.7. The molecule has 3 heteroatoms.